The largest absolute Gasteiger partial charge is 0.367 e. The van der Waals surface area contributed by atoms with Gasteiger partial charge in [0.1, 0.15) is 6.10 Å². The van der Waals surface area contributed by atoms with Crippen LogP contribution < -0.4 is 0 Å². The molecule has 3 heteroatoms. The Morgan fingerprint density at radius 1 is 0.885 bits per heavy atom. The van der Waals surface area contributed by atoms with Crippen LogP contribution in [0.5, 0.6) is 0 Å². The van der Waals surface area contributed by atoms with Crippen LogP contribution in [0.3, 0.4) is 0 Å². The maximum absolute atomic E-state index is 6.55. The second-order valence-electron chi connectivity index (χ2n) is 7.28. The predicted octanol–water partition coefficient (Wildman–Crippen LogP) is 4.76. The highest BCUT2D eigenvalue weighted by Crippen LogP contribution is 2.34. The summed E-state index contributed by atoms with van der Waals surface area (Å²) in [6.07, 6.45) is -0.0303. The molecule has 0 saturated carbocycles. The van der Waals surface area contributed by atoms with E-state index in [9.17, 15) is 0 Å². The van der Waals surface area contributed by atoms with Crippen molar-refractivity contribution in [2.75, 3.05) is 26.2 Å². The lowest BCUT2D eigenvalue weighted by atomic mass is 9.89. The van der Waals surface area contributed by atoms with Crippen LogP contribution in [0.15, 0.2) is 41.4 Å². The Morgan fingerprint density at radius 2 is 1.38 bits per heavy atom. The number of hydrogen-bond acceptors (Lipinski definition) is 3. The van der Waals surface area contributed by atoms with Crippen molar-refractivity contribution in [3.63, 3.8) is 0 Å². The number of aryl methyl sites for hydroxylation is 4. The molecule has 3 nitrogen and oxygen atoms in total. The molecule has 0 atom stereocenters. The highest BCUT2D eigenvalue weighted by Gasteiger charge is 2.23. The van der Waals surface area contributed by atoms with E-state index in [2.05, 4.69) is 80.9 Å². The minimum absolute atomic E-state index is 0.0303. The van der Waals surface area contributed by atoms with E-state index in [-0.39, 0.29) is 6.10 Å². The van der Waals surface area contributed by atoms with Crippen LogP contribution in [0.2, 0.25) is 0 Å². The molecular weight excluding hydrogens is 320 g/mol. The van der Waals surface area contributed by atoms with E-state index < -0.39 is 0 Å². The van der Waals surface area contributed by atoms with Crippen molar-refractivity contribution in [2.45, 2.75) is 40.7 Å². The number of amidine groups is 1. The van der Waals surface area contributed by atoms with E-state index in [1.54, 1.807) is 0 Å². The van der Waals surface area contributed by atoms with Gasteiger partial charge in [0, 0.05) is 13.1 Å². The first-order chi connectivity index (χ1) is 12.5. The summed E-state index contributed by atoms with van der Waals surface area (Å²) in [7, 11) is 0. The van der Waals surface area contributed by atoms with E-state index in [0.717, 1.165) is 25.5 Å². The lowest BCUT2D eigenvalue weighted by molar-refractivity contribution is 0.0705. The molecule has 1 aliphatic heterocycles. The fourth-order valence-electron chi connectivity index (χ4n) is 3.94. The Kier molecular flexibility index (Phi) is 5.77. The zero-order valence-electron chi connectivity index (χ0n) is 16.7. The monoisotopic (exact) mass is 350 g/mol. The molecule has 2 aromatic carbocycles. The van der Waals surface area contributed by atoms with Gasteiger partial charge in [-0.3, -0.25) is 4.99 Å². The van der Waals surface area contributed by atoms with Gasteiger partial charge in [-0.25, -0.2) is 0 Å². The SMILES string of the molecule is CC1=NCCN1CCOC(c1c(C)cccc1C)c1c(C)cccc1C. The highest BCUT2D eigenvalue weighted by molar-refractivity contribution is 5.81. The molecular formula is C23H30N2O. The number of nitrogens with zero attached hydrogens (tertiary/aromatic N) is 2. The summed E-state index contributed by atoms with van der Waals surface area (Å²) in [6, 6.07) is 13.0. The van der Waals surface area contributed by atoms with Crippen molar-refractivity contribution in [1.82, 2.24) is 4.90 Å². The maximum Gasteiger partial charge on any atom is 0.109 e. The average molecular weight is 351 g/mol. The van der Waals surface area contributed by atoms with E-state index in [0.29, 0.717) is 6.61 Å². The molecule has 1 aliphatic rings. The third-order valence-corrected chi connectivity index (χ3v) is 5.42. The number of ether oxygens (including phenoxy) is 1. The molecule has 0 radical (unpaired) electrons. The normalized spacial score (nSPS) is 14.2. The first kappa shape index (κ1) is 18.7. The molecule has 0 spiro atoms. The van der Waals surface area contributed by atoms with Crippen molar-refractivity contribution in [3.8, 4) is 0 Å². The fraction of sp³-hybridized carbons (Fsp3) is 0.435. The Morgan fingerprint density at radius 3 is 1.81 bits per heavy atom. The first-order valence-electron chi connectivity index (χ1n) is 9.49. The Balaban J connectivity index is 1.91. The molecule has 2 aromatic rings. The number of benzene rings is 2. The van der Waals surface area contributed by atoms with Gasteiger partial charge in [-0.1, -0.05) is 36.4 Å². The molecule has 0 aliphatic carbocycles. The molecule has 0 saturated heterocycles. The molecule has 26 heavy (non-hydrogen) atoms. The average Bonchev–Trinajstić information content (AvgIpc) is 2.99. The summed E-state index contributed by atoms with van der Waals surface area (Å²) < 4.78 is 6.55. The third-order valence-electron chi connectivity index (χ3n) is 5.42. The summed E-state index contributed by atoms with van der Waals surface area (Å²) in [5, 5.41) is 0. The molecule has 1 heterocycles. The zero-order valence-corrected chi connectivity index (χ0v) is 16.7. The van der Waals surface area contributed by atoms with Crippen molar-refractivity contribution >= 4 is 5.84 Å². The zero-order chi connectivity index (χ0) is 18.7. The van der Waals surface area contributed by atoms with Crippen LogP contribution >= 0.6 is 0 Å². The van der Waals surface area contributed by atoms with Crippen LogP contribution in [-0.2, 0) is 4.74 Å². The molecule has 0 bridgehead atoms. The summed E-state index contributed by atoms with van der Waals surface area (Å²) in [6.45, 7) is 14.3. The van der Waals surface area contributed by atoms with Crippen LogP contribution in [-0.4, -0.2) is 37.0 Å². The van der Waals surface area contributed by atoms with E-state index in [1.807, 2.05) is 0 Å². The maximum atomic E-state index is 6.55. The van der Waals surface area contributed by atoms with Gasteiger partial charge in [0.2, 0.25) is 0 Å². The van der Waals surface area contributed by atoms with Gasteiger partial charge in [0.15, 0.2) is 0 Å². The first-order valence-corrected chi connectivity index (χ1v) is 9.49. The second kappa shape index (κ2) is 8.05. The topological polar surface area (TPSA) is 24.8 Å². The van der Waals surface area contributed by atoms with Crippen molar-refractivity contribution in [3.05, 3.63) is 69.8 Å². The van der Waals surface area contributed by atoms with Gasteiger partial charge in [0.25, 0.3) is 0 Å². The molecule has 0 amide bonds. The van der Waals surface area contributed by atoms with Gasteiger partial charge < -0.3 is 9.64 Å². The standard InChI is InChI=1S/C23H30N2O/c1-16-8-6-9-17(2)21(16)23(22-18(3)10-7-11-19(22)4)26-15-14-25-13-12-24-20(25)5/h6-11,23H,12-15H2,1-5H3. The van der Waals surface area contributed by atoms with Gasteiger partial charge in [0.05, 0.1) is 19.0 Å². The minimum Gasteiger partial charge on any atom is -0.367 e. The minimum atomic E-state index is -0.0303. The van der Waals surface area contributed by atoms with Gasteiger partial charge in [-0.2, -0.15) is 0 Å². The Labute approximate surface area is 157 Å². The quantitative estimate of drug-likeness (QED) is 0.750. The number of aliphatic imine (C=N–C) groups is 1. The summed E-state index contributed by atoms with van der Waals surface area (Å²) in [5.74, 6) is 1.13. The summed E-state index contributed by atoms with van der Waals surface area (Å²) >= 11 is 0. The fourth-order valence-corrected chi connectivity index (χ4v) is 3.94. The van der Waals surface area contributed by atoms with Gasteiger partial charge >= 0.3 is 0 Å². The van der Waals surface area contributed by atoms with Crippen LogP contribution in [0.4, 0.5) is 0 Å². The Bertz CT molecular complexity index is 718. The molecule has 0 unspecified atom stereocenters. The van der Waals surface area contributed by atoms with Crippen molar-refractivity contribution < 1.29 is 4.74 Å². The molecule has 0 aromatic heterocycles. The molecule has 138 valence electrons. The molecule has 3 rings (SSSR count). The predicted molar refractivity (Wildman–Crippen MR) is 109 cm³/mol. The van der Waals surface area contributed by atoms with E-state index in [4.69, 9.17) is 4.74 Å². The Hall–Kier alpha value is -2.13. The molecule has 0 N–H and O–H groups in total. The van der Waals surface area contributed by atoms with Crippen molar-refractivity contribution in [2.24, 2.45) is 4.99 Å². The van der Waals surface area contributed by atoms with Crippen LogP contribution in [0, 0.1) is 27.7 Å². The summed E-state index contributed by atoms with van der Waals surface area (Å²) in [5.41, 5.74) is 7.76. The van der Waals surface area contributed by atoms with Gasteiger partial charge in [-0.05, 0) is 68.0 Å². The van der Waals surface area contributed by atoms with Crippen LogP contribution in [0.25, 0.3) is 0 Å². The highest BCUT2D eigenvalue weighted by atomic mass is 16.5. The second-order valence-corrected chi connectivity index (χ2v) is 7.28. The van der Waals surface area contributed by atoms with Crippen LogP contribution in [0.1, 0.15) is 46.4 Å². The summed E-state index contributed by atoms with van der Waals surface area (Å²) in [4.78, 5) is 6.79. The van der Waals surface area contributed by atoms with Gasteiger partial charge in [-0.15, -0.1) is 0 Å². The number of rotatable bonds is 6. The lowest BCUT2D eigenvalue weighted by Crippen LogP contribution is -2.30. The third kappa shape index (κ3) is 3.83. The lowest BCUT2D eigenvalue weighted by Gasteiger charge is -2.27. The van der Waals surface area contributed by atoms with E-state index in [1.165, 1.54) is 33.4 Å². The number of hydrogen-bond donors (Lipinski definition) is 0. The molecule has 0 fully saturated rings. The smallest absolute Gasteiger partial charge is 0.109 e. The van der Waals surface area contributed by atoms with Crippen molar-refractivity contribution in [1.29, 1.82) is 0 Å². The van der Waals surface area contributed by atoms with E-state index >= 15 is 0 Å².